The smallest absolute Gasteiger partial charge is 0.409 e. The molecule has 150 valence electrons. The van der Waals surface area contributed by atoms with Gasteiger partial charge in [0.25, 0.3) is 5.91 Å². The topological polar surface area (TPSA) is 49.9 Å². The van der Waals surface area contributed by atoms with E-state index < -0.39 is 0 Å². The van der Waals surface area contributed by atoms with Gasteiger partial charge >= 0.3 is 6.09 Å². The highest BCUT2D eigenvalue weighted by Crippen LogP contribution is 2.30. The Labute approximate surface area is 168 Å². The summed E-state index contributed by atoms with van der Waals surface area (Å²) in [6, 6.07) is 10.1. The van der Waals surface area contributed by atoms with Gasteiger partial charge in [-0.2, -0.15) is 0 Å². The predicted octanol–water partition coefficient (Wildman–Crippen LogP) is 4.49. The minimum absolute atomic E-state index is 0.0787. The highest BCUT2D eigenvalue weighted by molar-refractivity contribution is 7.17. The zero-order valence-corrected chi connectivity index (χ0v) is 17.0. The molecule has 1 fully saturated rings. The van der Waals surface area contributed by atoms with E-state index in [0.717, 1.165) is 4.88 Å². The van der Waals surface area contributed by atoms with Gasteiger partial charge in [0.2, 0.25) is 0 Å². The highest BCUT2D eigenvalue weighted by atomic mass is 32.1. The number of rotatable bonds is 4. The molecule has 2 heterocycles. The van der Waals surface area contributed by atoms with Crippen LogP contribution in [-0.4, -0.2) is 54.6 Å². The first-order valence-electron chi connectivity index (χ1n) is 9.51. The van der Waals surface area contributed by atoms with Crippen LogP contribution in [0.1, 0.15) is 29.9 Å². The number of carbonyl (C=O) groups is 2. The maximum atomic E-state index is 14.0. The molecule has 1 aliphatic heterocycles. The highest BCUT2D eigenvalue weighted by Gasteiger charge is 2.24. The maximum absolute atomic E-state index is 14.0. The lowest BCUT2D eigenvalue weighted by molar-refractivity contribution is 0.0751. The molecule has 1 saturated heterocycles. The maximum Gasteiger partial charge on any atom is 0.409 e. The number of thiophene rings is 1. The Morgan fingerprint density at radius 2 is 1.79 bits per heavy atom. The van der Waals surface area contributed by atoms with E-state index in [1.165, 1.54) is 17.4 Å². The fourth-order valence-electron chi connectivity index (χ4n) is 3.05. The molecule has 0 spiro atoms. The summed E-state index contributed by atoms with van der Waals surface area (Å²) in [5.74, 6) is -0.0878. The molecule has 0 atom stereocenters. The molecule has 0 unspecified atom stereocenters. The zero-order valence-electron chi connectivity index (χ0n) is 16.2. The summed E-state index contributed by atoms with van der Waals surface area (Å²) in [4.78, 5) is 29.8. The fraction of sp³-hybridized carbons (Fsp3) is 0.429. The first kappa shape index (κ1) is 20.3. The second-order valence-electron chi connectivity index (χ2n) is 7.25. The SMILES string of the molecule is CC(C)COC(=O)N1CCCN(C(=O)c2ccc(-c3ccccc3F)s2)CC1. The molecule has 0 saturated carbocycles. The van der Waals surface area contributed by atoms with E-state index in [4.69, 9.17) is 4.74 Å². The average molecular weight is 405 g/mol. The van der Waals surface area contributed by atoms with Crippen LogP contribution in [0, 0.1) is 11.7 Å². The molecule has 2 aromatic rings. The Balaban J connectivity index is 1.62. The van der Waals surface area contributed by atoms with Gasteiger partial charge in [0, 0.05) is 36.6 Å². The molecule has 28 heavy (non-hydrogen) atoms. The van der Waals surface area contributed by atoms with Gasteiger partial charge in [0.1, 0.15) is 5.82 Å². The number of benzene rings is 1. The normalized spacial score (nSPS) is 14.9. The molecule has 0 radical (unpaired) electrons. The molecular weight excluding hydrogens is 379 g/mol. The summed E-state index contributed by atoms with van der Waals surface area (Å²) >= 11 is 1.29. The Kier molecular flexibility index (Phi) is 6.67. The van der Waals surface area contributed by atoms with Gasteiger partial charge in [-0.1, -0.05) is 32.0 Å². The second-order valence-corrected chi connectivity index (χ2v) is 8.33. The Morgan fingerprint density at radius 1 is 1.07 bits per heavy atom. The predicted molar refractivity (Wildman–Crippen MR) is 108 cm³/mol. The van der Waals surface area contributed by atoms with Gasteiger partial charge in [0.05, 0.1) is 11.5 Å². The number of hydrogen-bond donors (Lipinski definition) is 0. The third kappa shape index (κ3) is 4.90. The number of amides is 2. The van der Waals surface area contributed by atoms with Gasteiger partial charge in [-0.05, 0) is 30.5 Å². The van der Waals surface area contributed by atoms with Crippen molar-refractivity contribution in [2.24, 2.45) is 5.92 Å². The van der Waals surface area contributed by atoms with E-state index in [0.29, 0.717) is 49.6 Å². The van der Waals surface area contributed by atoms with Crippen LogP contribution < -0.4 is 0 Å². The van der Waals surface area contributed by atoms with Crippen LogP contribution in [0.15, 0.2) is 36.4 Å². The largest absolute Gasteiger partial charge is 0.449 e. The van der Waals surface area contributed by atoms with E-state index >= 15 is 0 Å². The molecule has 1 aromatic carbocycles. The summed E-state index contributed by atoms with van der Waals surface area (Å²) in [6.45, 7) is 6.45. The van der Waals surface area contributed by atoms with Gasteiger partial charge in [-0.25, -0.2) is 9.18 Å². The minimum atomic E-state index is -0.319. The monoisotopic (exact) mass is 404 g/mol. The Morgan fingerprint density at radius 3 is 2.54 bits per heavy atom. The van der Waals surface area contributed by atoms with Gasteiger partial charge in [-0.15, -0.1) is 11.3 Å². The van der Waals surface area contributed by atoms with Crippen molar-refractivity contribution in [2.75, 3.05) is 32.8 Å². The van der Waals surface area contributed by atoms with Crippen LogP contribution in [0.5, 0.6) is 0 Å². The molecule has 0 N–H and O–H groups in total. The first-order chi connectivity index (χ1) is 13.5. The van der Waals surface area contributed by atoms with E-state index in [-0.39, 0.29) is 23.7 Å². The van der Waals surface area contributed by atoms with Crippen molar-refractivity contribution < 1.29 is 18.7 Å². The van der Waals surface area contributed by atoms with E-state index in [2.05, 4.69) is 0 Å². The lowest BCUT2D eigenvalue weighted by atomic mass is 10.2. The minimum Gasteiger partial charge on any atom is -0.449 e. The van der Waals surface area contributed by atoms with Crippen LogP contribution in [-0.2, 0) is 4.74 Å². The van der Waals surface area contributed by atoms with Crippen molar-refractivity contribution in [1.29, 1.82) is 0 Å². The quantitative estimate of drug-likeness (QED) is 0.754. The van der Waals surface area contributed by atoms with Crippen molar-refractivity contribution in [3.63, 3.8) is 0 Å². The van der Waals surface area contributed by atoms with Crippen LogP contribution in [0.3, 0.4) is 0 Å². The average Bonchev–Trinajstić information content (AvgIpc) is 3.03. The molecule has 0 bridgehead atoms. The van der Waals surface area contributed by atoms with Crippen molar-refractivity contribution >= 4 is 23.3 Å². The summed E-state index contributed by atoms with van der Waals surface area (Å²) in [7, 11) is 0. The number of ether oxygens (including phenoxy) is 1. The molecule has 3 rings (SSSR count). The van der Waals surface area contributed by atoms with Crippen LogP contribution >= 0.6 is 11.3 Å². The first-order valence-corrected chi connectivity index (χ1v) is 10.3. The molecule has 1 aromatic heterocycles. The lowest BCUT2D eigenvalue weighted by Gasteiger charge is -2.22. The van der Waals surface area contributed by atoms with E-state index in [1.54, 1.807) is 40.1 Å². The molecule has 7 heteroatoms. The number of hydrogen-bond acceptors (Lipinski definition) is 4. The van der Waals surface area contributed by atoms with Gasteiger partial charge in [-0.3, -0.25) is 4.79 Å². The molecule has 0 aliphatic carbocycles. The third-order valence-electron chi connectivity index (χ3n) is 4.54. The summed E-state index contributed by atoms with van der Waals surface area (Å²) in [6.07, 6.45) is 0.384. The van der Waals surface area contributed by atoms with E-state index in [9.17, 15) is 14.0 Å². The second kappa shape index (κ2) is 9.19. The van der Waals surface area contributed by atoms with E-state index in [1.807, 2.05) is 13.8 Å². The van der Waals surface area contributed by atoms with Crippen molar-refractivity contribution in [3.8, 4) is 10.4 Å². The van der Waals surface area contributed by atoms with Gasteiger partial charge < -0.3 is 14.5 Å². The third-order valence-corrected chi connectivity index (χ3v) is 5.64. The number of carbonyl (C=O) groups excluding carboxylic acids is 2. The van der Waals surface area contributed by atoms with Crippen molar-refractivity contribution in [3.05, 3.63) is 47.1 Å². The van der Waals surface area contributed by atoms with Crippen molar-refractivity contribution in [1.82, 2.24) is 9.80 Å². The summed E-state index contributed by atoms with van der Waals surface area (Å²) < 4.78 is 19.3. The molecule has 1 aliphatic rings. The van der Waals surface area contributed by atoms with Crippen LogP contribution in [0.2, 0.25) is 0 Å². The summed E-state index contributed by atoms with van der Waals surface area (Å²) in [5, 5.41) is 0. The molecule has 2 amide bonds. The van der Waals surface area contributed by atoms with Crippen molar-refractivity contribution in [2.45, 2.75) is 20.3 Å². The Hall–Kier alpha value is -2.41. The van der Waals surface area contributed by atoms with Crippen LogP contribution in [0.4, 0.5) is 9.18 Å². The molecular formula is C21H25FN2O3S. The zero-order chi connectivity index (χ0) is 20.1. The van der Waals surface area contributed by atoms with Gasteiger partial charge in [0.15, 0.2) is 0 Å². The Bertz CT molecular complexity index is 837. The molecule has 5 nitrogen and oxygen atoms in total. The van der Waals surface area contributed by atoms with Crippen LogP contribution in [0.25, 0.3) is 10.4 Å². The number of nitrogens with zero attached hydrogens (tertiary/aromatic N) is 2. The number of halogens is 1. The summed E-state index contributed by atoms with van der Waals surface area (Å²) in [5.41, 5.74) is 0.501. The lowest BCUT2D eigenvalue weighted by Crippen LogP contribution is -2.37. The standard InChI is InChI=1S/C21H25FN2O3S/c1-15(2)14-27-21(26)24-11-5-10-23(12-13-24)20(25)19-9-8-18(28-19)16-6-3-4-7-17(16)22/h3-4,6-9,15H,5,10-14H2,1-2H3. The fourth-order valence-corrected chi connectivity index (χ4v) is 4.05.